The van der Waals surface area contributed by atoms with Crippen LogP contribution in [-0.2, 0) is 0 Å². The van der Waals surface area contributed by atoms with Crippen molar-refractivity contribution in [1.82, 2.24) is 29.9 Å². The smallest absolute Gasteiger partial charge is 0.160 e. The van der Waals surface area contributed by atoms with Gasteiger partial charge < -0.3 is 0 Å². The van der Waals surface area contributed by atoms with E-state index in [9.17, 15) is 0 Å². The highest BCUT2D eigenvalue weighted by Crippen LogP contribution is 2.47. The number of hydrogen-bond donors (Lipinski definition) is 0. The molecule has 0 spiro atoms. The van der Waals surface area contributed by atoms with Gasteiger partial charge in [0.15, 0.2) is 11.6 Å². The van der Waals surface area contributed by atoms with Crippen LogP contribution in [0.5, 0.6) is 0 Å². The van der Waals surface area contributed by atoms with Crippen molar-refractivity contribution in [2.24, 2.45) is 0 Å². The van der Waals surface area contributed by atoms with E-state index < -0.39 is 0 Å². The summed E-state index contributed by atoms with van der Waals surface area (Å²) in [5.74, 6) is 1.26. The van der Waals surface area contributed by atoms with E-state index in [1.165, 1.54) is 22.3 Å². The summed E-state index contributed by atoms with van der Waals surface area (Å²) in [7, 11) is 0. The number of fused-ring (bicyclic) bond motifs is 6. The lowest BCUT2D eigenvalue weighted by Gasteiger charge is -2.18. The minimum atomic E-state index is 0.632. The summed E-state index contributed by atoms with van der Waals surface area (Å²) in [6.07, 6.45) is 3.78. The zero-order valence-corrected chi connectivity index (χ0v) is 52.0. The molecule has 0 N–H and O–H groups in total. The fourth-order valence-electron chi connectivity index (χ4n) is 14.3. The molecule has 18 aromatic rings. The van der Waals surface area contributed by atoms with Gasteiger partial charge in [0.2, 0.25) is 0 Å². The average Bonchev–Trinajstić information content (AvgIpc) is 0.742. The van der Waals surface area contributed by atoms with Crippen LogP contribution in [-0.4, -0.2) is 29.9 Å². The fourth-order valence-corrected chi connectivity index (χ4v) is 14.3. The van der Waals surface area contributed by atoms with Gasteiger partial charge >= 0.3 is 0 Å². The molecular formula is C90H56N6. The summed E-state index contributed by atoms with van der Waals surface area (Å²) in [5.41, 5.74) is 20.1. The van der Waals surface area contributed by atoms with Crippen molar-refractivity contribution in [1.29, 1.82) is 0 Å². The topological polar surface area (TPSA) is 77.3 Å². The van der Waals surface area contributed by atoms with Gasteiger partial charge in [0, 0.05) is 67.7 Å². The highest BCUT2D eigenvalue weighted by atomic mass is 14.9. The van der Waals surface area contributed by atoms with Gasteiger partial charge in [-0.3, -0.25) is 9.97 Å². The molecule has 96 heavy (non-hydrogen) atoms. The summed E-state index contributed by atoms with van der Waals surface area (Å²) in [4.78, 5) is 31.7. The Bertz CT molecular complexity index is 5530. The molecule has 0 saturated heterocycles. The quantitative estimate of drug-likeness (QED) is 0.120. The lowest BCUT2D eigenvalue weighted by atomic mass is 9.87. The normalized spacial score (nSPS) is 11.5. The molecule has 0 amide bonds. The van der Waals surface area contributed by atoms with E-state index in [-0.39, 0.29) is 0 Å². The maximum Gasteiger partial charge on any atom is 0.160 e. The van der Waals surface area contributed by atoms with Crippen molar-refractivity contribution in [2.45, 2.75) is 0 Å². The lowest BCUT2D eigenvalue weighted by molar-refractivity contribution is 1.19. The zero-order chi connectivity index (χ0) is 63.5. The fraction of sp³-hybridized carbons (Fsp3) is 0. The minimum absolute atomic E-state index is 0.632. The molecule has 0 saturated carbocycles. The Hall–Kier alpha value is -12.9. The Labute approximate surface area is 554 Å². The Balaban J connectivity index is 0.742. The van der Waals surface area contributed by atoms with Gasteiger partial charge in [-0.05, 0) is 112 Å². The highest BCUT2D eigenvalue weighted by molar-refractivity contribution is 6.22. The number of aromatic nitrogens is 6. The Morgan fingerprint density at radius 2 is 0.427 bits per heavy atom. The van der Waals surface area contributed by atoms with Gasteiger partial charge in [0.1, 0.15) is 0 Å². The van der Waals surface area contributed by atoms with Crippen LogP contribution in [0.1, 0.15) is 0 Å². The maximum atomic E-state index is 5.55. The molecule has 14 aromatic carbocycles. The summed E-state index contributed by atoms with van der Waals surface area (Å²) < 4.78 is 0. The van der Waals surface area contributed by atoms with Gasteiger partial charge in [0.25, 0.3) is 0 Å². The second kappa shape index (κ2) is 23.7. The van der Waals surface area contributed by atoms with Gasteiger partial charge in [-0.15, -0.1) is 0 Å². The van der Waals surface area contributed by atoms with Crippen molar-refractivity contribution >= 4 is 64.6 Å². The predicted molar refractivity (Wildman–Crippen MR) is 398 cm³/mol. The van der Waals surface area contributed by atoms with E-state index in [1.807, 2.05) is 12.4 Å². The van der Waals surface area contributed by atoms with E-state index in [0.717, 1.165) is 154 Å². The first-order valence-corrected chi connectivity index (χ1v) is 32.5. The second-order valence-electron chi connectivity index (χ2n) is 24.4. The van der Waals surface area contributed by atoms with E-state index >= 15 is 0 Å². The lowest BCUT2D eigenvalue weighted by Crippen LogP contribution is -1.98. The van der Waals surface area contributed by atoms with Crippen molar-refractivity contribution in [3.63, 3.8) is 0 Å². The van der Waals surface area contributed by atoms with Crippen LogP contribution in [0, 0.1) is 0 Å². The van der Waals surface area contributed by atoms with Crippen LogP contribution < -0.4 is 0 Å². The van der Waals surface area contributed by atoms with Gasteiger partial charge in [0.05, 0.1) is 34.2 Å². The Kier molecular flexibility index (Phi) is 13.8. The number of rotatable bonds is 11. The SMILES string of the molecule is c1ccc(-c2c3ccccc3c(-c3cc(-c4ccc(-c5nccc6ccccc56)cc4)nc(-c4ccc(-c5ccc(-c6nc(-c7ccc(-c8nccc9ccccc89)cc7)cc(-c7c8ccccc8c(-c8ccccc8)c8ccccc78)n6)cc5)cc4)n3)c3ccccc23)cc1. The highest BCUT2D eigenvalue weighted by Gasteiger charge is 2.23. The molecule has 6 heteroatoms. The molecule has 0 radical (unpaired) electrons. The van der Waals surface area contributed by atoms with Crippen LogP contribution in [0.3, 0.4) is 0 Å². The third-order valence-corrected chi connectivity index (χ3v) is 18.8. The van der Waals surface area contributed by atoms with E-state index in [4.69, 9.17) is 29.9 Å². The molecule has 18 rings (SSSR count). The van der Waals surface area contributed by atoms with Crippen LogP contribution in [0.15, 0.2) is 340 Å². The van der Waals surface area contributed by atoms with Crippen molar-refractivity contribution in [2.75, 3.05) is 0 Å². The minimum Gasteiger partial charge on any atom is -0.256 e. The molecule has 6 nitrogen and oxygen atoms in total. The van der Waals surface area contributed by atoms with Crippen LogP contribution in [0.4, 0.5) is 0 Å². The zero-order valence-electron chi connectivity index (χ0n) is 52.0. The molecule has 0 aliphatic carbocycles. The molecule has 0 bridgehead atoms. The van der Waals surface area contributed by atoms with Crippen molar-refractivity contribution in [3.05, 3.63) is 340 Å². The third-order valence-electron chi connectivity index (χ3n) is 18.8. The molecular weight excluding hydrogens is 1170 g/mol. The molecule has 0 atom stereocenters. The first-order valence-electron chi connectivity index (χ1n) is 32.5. The Morgan fingerprint density at radius 3 is 0.771 bits per heavy atom. The summed E-state index contributed by atoms with van der Waals surface area (Å²) in [6.45, 7) is 0. The number of nitrogens with zero attached hydrogens (tertiary/aromatic N) is 6. The Morgan fingerprint density at radius 1 is 0.167 bits per heavy atom. The largest absolute Gasteiger partial charge is 0.256 e. The number of benzene rings is 14. The van der Waals surface area contributed by atoms with E-state index in [0.29, 0.717) is 11.6 Å². The monoisotopic (exact) mass is 1220 g/mol. The predicted octanol–water partition coefficient (Wildman–Crippen LogP) is 23.3. The maximum absolute atomic E-state index is 5.55. The molecule has 0 aliphatic rings. The van der Waals surface area contributed by atoms with Crippen molar-refractivity contribution < 1.29 is 0 Å². The van der Waals surface area contributed by atoms with Crippen LogP contribution in [0.2, 0.25) is 0 Å². The summed E-state index contributed by atoms with van der Waals surface area (Å²) in [6, 6.07) is 116. The molecule has 0 unspecified atom stereocenters. The number of hydrogen-bond acceptors (Lipinski definition) is 6. The molecule has 446 valence electrons. The summed E-state index contributed by atoms with van der Waals surface area (Å²) in [5, 5.41) is 13.7. The van der Waals surface area contributed by atoms with Gasteiger partial charge in [-0.1, -0.05) is 303 Å². The molecule has 4 aromatic heterocycles. The van der Waals surface area contributed by atoms with E-state index in [2.05, 4.69) is 328 Å². The molecule has 4 heterocycles. The third kappa shape index (κ3) is 9.91. The average molecular weight is 1220 g/mol. The van der Waals surface area contributed by atoms with Gasteiger partial charge in [-0.25, -0.2) is 19.9 Å². The van der Waals surface area contributed by atoms with Crippen molar-refractivity contribution in [3.8, 4) is 124 Å². The second-order valence-corrected chi connectivity index (χ2v) is 24.4. The standard InChI is InChI=1S/C90H56N6/c1-3-21-63(22-4-1)83-71-27-11-15-31-75(71)85(76-32-16-12-28-72(76)83)81-55-79(61-39-43-65(44-40-61)87-69-25-9-7-19-59(69)51-53-91-87)93-89(95-81)67-47-35-57(36-48-67)58-37-49-68(50-38-58)90-94-80(62-41-45-66(46-42-62)88-70-26-10-8-20-60(70)52-54-92-88)56-82(96-90)86-77-33-17-13-29-73(77)84(64-23-5-2-6-24-64)74-30-14-18-34-78(74)86/h1-56H. The number of pyridine rings is 2. The van der Waals surface area contributed by atoms with Crippen LogP contribution in [0.25, 0.3) is 188 Å². The molecule has 0 aliphatic heterocycles. The first kappa shape index (κ1) is 55.9. The molecule has 0 fully saturated rings. The van der Waals surface area contributed by atoms with Crippen LogP contribution >= 0.6 is 0 Å². The van der Waals surface area contributed by atoms with Gasteiger partial charge in [-0.2, -0.15) is 0 Å². The summed E-state index contributed by atoms with van der Waals surface area (Å²) >= 11 is 0. The first-order chi connectivity index (χ1) is 47.6. The van der Waals surface area contributed by atoms with E-state index in [1.54, 1.807) is 0 Å².